The molecule has 0 bridgehead atoms. The number of ether oxygens (including phenoxy) is 3. The first-order chi connectivity index (χ1) is 7.65. The Kier molecular flexibility index (Phi) is 2.99. The summed E-state index contributed by atoms with van der Waals surface area (Å²) in [4.78, 5) is 10.7. The number of carbonyl (C=O) groups is 1. The Morgan fingerprint density at radius 1 is 1.50 bits per heavy atom. The minimum absolute atomic E-state index is 0.224. The molecule has 1 aromatic rings. The van der Waals surface area contributed by atoms with Crippen LogP contribution in [0.1, 0.15) is 12.5 Å². The van der Waals surface area contributed by atoms with Gasteiger partial charge in [0.05, 0.1) is 0 Å². The Morgan fingerprint density at radius 3 is 3.06 bits per heavy atom. The van der Waals surface area contributed by atoms with E-state index in [-0.39, 0.29) is 18.7 Å². The molecule has 0 N–H and O–H groups in total. The molecule has 0 saturated heterocycles. The SMILES string of the molecule is CC(=O)OC[C@H]1COc2ccc(C)cc2O1. The molecule has 1 aliphatic heterocycles. The standard InChI is InChI=1S/C12H14O4/c1-8-3-4-11-12(5-8)16-10(7-15-11)6-14-9(2)13/h3-5,10H,6-7H2,1-2H3/t10-/m0/s1. The first kappa shape index (κ1) is 10.8. The van der Waals surface area contributed by atoms with E-state index in [1.165, 1.54) is 6.92 Å². The number of benzene rings is 1. The van der Waals surface area contributed by atoms with Crippen molar-refractivity contribution in [2.75, 3.05) is 13.2 Å². The molecule has 1 atom stereocenters. The molecule has 16 heavy (non-hydrogen) atoms. The monoisotopic (exact) mass is 222 g/mol. The normalized spacial score (nSPS) is 18.0. The molecule has 1 aliphatic rings. The lowest BCUT2D eigenvalue weighted by Gasteiger charge is -2.26. The van der Waals surface area contributed by atoms with Crippen molar-refractivity contribution in [2.45, 2.75) is 20.0 Å². The van der Waals surface area contributed by atoms with E-state index in [9.17, 15) is 4.79 Å². The average Bonchev–Trinajstić information content (AvgIpc) is 2.25. The van der Waals surface area contributed by atoms with Crippen molar-refractivity contribution in [3.8, 4) is 11.5 Å². The van der Waals surface area contributed by atoms with Crippen molar-refractivity contribution in [3.63, 3.8) is 0 Å². The minimum Gasteiger partial charge on any atom is -0.486 e. The Bertz CT molecular complexity index is 400. The maximum absolute atomic E-state index is 10.7. The number of hydrogen-bond donors (Lipinski definition) is 0. The fourth-order valence-corrected chi connectivity index (χ4v) is 1.52. The summed E-state index contributed by atoms with van der Waals surface area (Å²) in [6.45, 7) is 3.99. The quantitative estimate of drug-likeness (QED) is 0.714. The number of hydrogen-bond acceptors (Lipinski definition) is 4. The molecule has 86 valence electrons. The third-order valence-electron chi connectivity index (χ3n) is 2.29. The van der Waals surface area contributed by atoms with Gasteiger partial charge in [-0.05, 0) is 24.6 Å². The highest BCUT2D eigenvalue weighted by molar-refractivity contribution is 5.65. The van der Waals surface area contributed by atoms with Crippen LogP contribution in [0.3, 0.4) is 0 Å². The van der Waals surface area contributed by atoms with Gasteiger partial charge in [0.15, 0.2) is 17.6 Å². The average molecular weight is 222 g/mol. The number of esters is 1. The van der Waals surface area contributed by atoms with Crippen LogP contribution in [-0.2, 0) is 9.53 Å². The zero-order valence-electron chi connectivity index (χ0n) is 9.36. The largest absolute Gasteiger partial charge is 0.486 e. The fraction of sp³-hybridized carbons (Fsp3) is 0.417. The summed E-state index contributed by atoms with van der Waals surface area (Å²) in [6, 6.07) is 5.76. The topological polar surface area (TPSA) is 44.8 Å². The van der Waals surface area contributed by atoms with E-state index < -0.39 is 0 Å². The molecule has 0 aliphatic carbocycles. The van der Waals surface area contributed by atoms with Crippen molar-refractivity contribution in [2.24, 2.45) is 0 Å². The van der Waals surface area contributed by atoms with E-state index >= 15 is 0 Å². The van der Waals surface area contributed by atoms with E-state index in [1.807, 2.05) is 25.1 Å². The molecule has 0 radical (unpaired) electrons. The highest BCUT2D eigenvalue weighted by atomic mass is 16.6. The summed E-state index contributed by atoms with van der Waals surface area (Å²) < 4.78 is 16.1. The van der Waals surface area contributed by atoms with E-state index in [0.717, 1.165) is 11.3 Å². The summed E-state index contributed by atoms with van der Waals surface area (Å²) in [5.41, 5.74) is 1.11. The lowest BCUT2D eigenvalue weighted by Crippen LogP contribution is -2.34. The van der Waals surface area contributed by atoms with Gasteiger partial charge < -0.3 is 14.2 Å². The first-order valence-electron chi connectivity index (χ1n) is 5.18. The Labute approximate surface area is 94.1 Å². The molecule has 0 aromatic heterocycles. The van der Waals surface area contributed by atoms with Crippen molar-refractivity contribution < 1.29 is 19.0 Å². The summed E-state index contributed by atoms with van der Waals surface area (Å²) in [7, 11) is 0. The fourth-order valence-electron chi connectivity index (χ4n) is 1.52. The Balaban J connectivity index is 2.02. The van der Waals surface area contributed by atoms with E-state index in [4.69, 9.17) is 14.2 Å². The summed E-state index contributed by atoms with van der Waals surface area (Å²) >= 11 is 0. The van der Waals surface area contributed by atoms with E-state index in [0.29, 0.717) is 12.4 Å². The molecule has 0 fully saturated rings. The van der Waals surface area contributed by atoms with Crippen LogP contribution >= 0.6 is 0 Å². The van der Waals surface area contributed by atoms with Gasteiger partial charge in [-0.1, -0.05) is 6.07 Å². The Morgan fingerprint density at radius 2 is 2.31 bits per heavy atom. The van der Waals surface area contributed by atoms with Crippen LogP contribution in [0.4, 0.5) is 0 Å². The first-order valence-corrected chi connectivity index (χ1v) is 5.18. The predicted molar refractivity (Wildman–Crippen MR) is 57.7 cm³/mol. The van der Waals surface area contributed by atoms with Crippen molar-refractivity contribution in [1.29, 1.82) is 0 Å². The molecule has 4 nitrogen and oxygen atoms in total. The van der Waals surface area contributed by atoms with Gasteiger partial charge in [-0.3, -0.25) is 4.79 Å². The van der Waals surface area contributed by atoms with Gasteiger partial charge in [-0.15, -0.1) is 0 Å². The molecule has 4 heteroatoms. The summed E-state index contributed by atoms with van der Waals surface area (Å²) in [5, 5.41) is 0. The third-order valence-corrected chi connectivity index (χ3v) is 2.29. The second kappa shape index (κ2) is 4.43. The van der Waals surface area contributed by atoms with Crippen LogP contribution in [0.25, 0.3) is 0 Å². The van der Waals surface area contributed by atoms with Crippen molar-refractivity contribution in [3.05, 3.63) is 23.8 Å². The molecule has 0 amide bonds. The molecule has 1 aromatic carbocycles. The molecule has 1 heterocycles. The molecular weight excluding hydrogens is 208 g/mol. The minimum atomic E-state index is -0.307. The maximum Gasteiger partial charge on any atom is 0.302 e. The molecule has 2 rings (SSSR count). The Hall–Kier alpha value is -1.71. The van der Waals surface area contributed by atoms with Crippen LogP contribution < -0.4 is 9.47 Å². The zero-order chi connectivity index (χ0) is 11.5. The number of rotatable bonds is 2. The molecule has 0 spiro atoms. The third kappa shape index (κ3) is 2.45. The van der Waals surface area contributed by atoms with Gasteiger partial charge in [0.1, 0.15) is 13.2 Å². The highest BCUT2D eigenvalue weighted by Gasteiger charge is 2.21. The maximum atomic E-state index is 10.7. The van der Waals surface area contributed by atoms with Crippen LogP contribution in [0, 0.1) is 6.92 Å². The van der Waals surface area contributed by atoms with Crippen molar-refractivity contribution in [1.82, 2.24) is 0 Å². The van der Waals surface area contributed by atoms with Gasteiger partial charge in [0.25, 0.3) is 0 Å². The second-order valence-corrected chi connectivity index (χ2v) is 3.80. The summed E-state index contributed by atoms with van der Waals surface area (Å²) in [6.07, 6.45) is -0.224. The van der Waals surface area contributed by atoms with Gasteiger partial charge in [-0.2, -0.15) is 0 Å². The van der Waals surface area contributed by atoms with Crippen LogP contribution in [0.2, 0.25) is 0 Å². The van der Waals surface area contributed by atoms with Crippen LogP contribution in [-0.4, -0.2) is 25.3 Å². The van der Waals surface area contributed by atoms with Gasteiger partial charge in [0, 0.05) is 6.92 Å². The van der Waals surface area contributed by atoms with E-state index in [2.05, 4.69) is 0 Å². The second-order valence-electron chi connectivity index (χ2n) is 3.80. The van der Waals surface area contributed by atoms with Gasteiger partial charge >= 0.3 is 5.97 Å². The molecule has 0 unspecified atom stereocenters. The number of carbonyl (C=O) groups excluding carboxylic acids is 1. The molecule has 0 saturated carbocycles. The number of aryl methyl sites for hydroxylation is 1. The van der Waals surface area contributed by atoms with Gasteiger partial charge in [-0.25, -0.2) is 0 Å². The van der Waals surface area contributed by atoms with Crippen LogP contribution in [0.5, 0.6) is 11.5 Å². The predicted octanol–water partition coefficient (Wildman–Crippen LogP) is 1.70. The lowest BCUT2D eigenvalue weighted by atomic mass is 10.2. The lowest BCUT2D eigenvalue weighted by molar-refractivity contribution is -0.144. The smallest absolute Gasteiger partial charge is 0.302 e. The molecular formula is C12H14O4. The highest BCUT2D eigenvalue weighted by Crippen LogP contribution is 2.32. The van der Waals surface area contributed by atoms with E-state index in [1.54, 1.807) is 0 Å². The van der Waals surface area contributed by atoms with Crippen LogP contribution in [0.15, 0.2) is 18.2 Å². The number of fused-ring (bicyclic) bond motifs is 1. The zero-order valence-corrected chi connectivity index (χ0v) is 9.36. The summed E-state index contributed by atoms with van der Waals surface area (Å²) in [5.74, 6) is 1.15. The van der Waals surface area contributed by atoms with Crippen molar-refractivity contribution >= 4 is 5.97 Å². The van der Waals surface area contributed by atoms with Gasteiger partial charge in [0.2, 0.25) is 0 Å².